The zero-order valence-electron chi connectivity index (χ0n) is 10.6. The van der Waals surface area contributed by atoms with Gasteiger partial charge in [-0.2, -0.15) is 0 Å². The number of hydrogen-bond acceptors (Lipinski definition) is 1. The second-order valence-corrected chi connectivity index (χ2v) is 4.17. The molecule has 2 rings (SSSR count). The van der Waals surface area contributed by atoms with Crippen molar-refractivity contribution in [2.45, 2.75) is 19.9 Å². The first-order valence-corrected chi connectivity index (χ1v) is 6.14. The number of benzene rings is 1. The van der Waals surface area contributed by atoms with Crippen LogP contribution in [0.25, 0.3) is 17.2 Å². The fraction of sp³-hybridized carbons (Fsp3) is 0.286. The molecular weight excluding hydrogens is 226 g/mol. The van der Waals surface area contributed by atoms with Crippen LogP contribution < -0.4 is 9.88 Å². The molecule has 1 amide bonds. The number of nitrogens with zero attached hydrogens (tertiary/aromatic N) is 2. The molecule has 0 saturated heterocycles. The van der Waals surface area contributed by atoms with Gasteiger partial charge in [-0.05, 0) is 18.6 Å². The van der Waals surface area contributed by atoms with E-state index >= 15 is 0 Å². The van der Waals surface area contributed by atoms with Crippen molar-refractivity contribution in [2.75, 3.05) is 6.54 Å². The van der Waals surface area contributed by atoms with Crippen molar-refractivity contribution >= 4 is 23.1 Å². The highest BCUT2D eigenvalue weighted by atomic mass is 16.1. The van der Waals surface area contributed by atoms with Gasteiger partial charge in [0.2, 0.25) is 6.33 Å². The Morgan fingerprint density at radius 1 is 1.50 bits per heavy atom. The maximum absolute atomic E-state index is 11.7. The van der Waals surface area contributed by atoms with E-state index in [1.807, 2.05) is 46.7 Å². The summed E-state index contributed by atoms with van der Waals surface area (Å²) in [5, 5.41) is 2.88. The van der Waals surface area contributed by atoms with Crippen LogP contribution >= 0.6 is 0 Å². The summed E-state index contributed by atoms with van der Waals surface area (Å²) in [5.74, 6) is 0.0359. The largest absolute Gasteiger partial charge is 0.353 e. The first kappa shape index (κ1) is 12.4. The molecule has 0 fully saturated rings. The van der Waals surface area contributed by atoms with Crippen LogP contribution in [0.2, 0.25) is 0 Å². The number of hydrogen-bond donors (Lipinski definition) is 1. The van der Waals surface area contributed by atoms with Gasteiger partial charge in [0.1, 0.15) is 0 Å². The SMILES string of the molecule is C=Cn1c[n+](CC(=O)NCCC)c2ccccc21. The first-order valence-electron chi connectivity index (χ1n) is 6.14. The summed E-state index contributed by atoms with van der Waals surface area (Å²) in [6.45, 7) is 6.87. The second-order valence-electron chi connectivity index (χ2n) is 4.17. The molecular formula is C14H18N3O+. The van der Waals surface area contributed by atoms with E-state index in [2.05, 4.69) is 11.9 Å². The van der Waals surface area contributed by atoms with E-state index in [-0.39, 0.29) is 5.91 Å². The van der Waals surface area contributed by atoms with Gasteiger partial charge in [0.05, 0.1) is 6.20 Å². The van der Waals surface area contributed by atoms with Gasteiger partial charge in [0.25, 0.3) is 5.91 Å². The van der Waals surface area contributed by atoms with Gasteiger partial charge in [-0.3, -0.25) is 4.79 Å². The van der Waals surface area contributed by atoms with Crippen LogP contribution in [0.15, 0.2) is 37.2 Å². The minimum Gasteiger partial charge on any atom is -0.353 e. The lowest BCUT2D eigenvalue weighted by Gasteiger charge is -2.00. The molecule has 1 aromatic carbocycles. The van der Waals surface area contributed by atoms with Gasteiger partial charge in [-0.15, -0.1) is 0 Å². The summed E-state index contributed by atoms with van der Waals surface area (Å²) in [5.41, 5.74) is 2.08. The summed E-state index contributed by atoms with van der Waals surface area (Å²) in [6, 6.07) is 7.96. The van der Waals surface area contributed by atoms with Crippen molar-refractivity contribution < 1.29 is 9.36 Å². The molecule has 94 valence electrons. The maximum Gasteiger partial charge on any atom is 0.262 e. The van der Waals surface area contributed by atoms with Crippen LogP contribution in [0.4, 0.5) is 0 Å². The Kier molecular flexibility index (Phi) is 3.77. The Balaban J connectivity index is 2.28. The molecule has 0 aliphatic rings. The highest BCUT2D eigenvalue weighted by molar-refractivity contribution is 5.77. The first-order chi connectivity index (χ1) is 8.76. The smallest absolute Gasteiger partial charge is 0.262 e. The van der Waals surface area contributed by atoms with Crippen molar-refractivity contribution in [2.24, 2.45) is 0 Å². The third kappa shape index (κ3) is 2.42. The lowest BCUT2D eigenvalue weighted by molar-refractivity contribution is -0.658. The highest BCUT2D eigenvalue weighted by Gasteiger charge is 2.15. The number of carbonyl (C=O) groups is 1. The zero-order valence-corrected chi connectivity index (χ0v) is 10.6. The highest BCUT2D eigenvalue weighted by Crippen LogP contribution is 2.10. The number of fused-ring (bicyclic) bond motifs is 1. The zero-order chi connectivity index (χ0) is 13.0. The topological polar surface area (TPSA) is 37.9 Å². The average molecular weight is 244 g/mol. The molecule has 0 unspecified atom stereocenters. The van der Waals surface area contributed by atoms with Gasteiger partial charge in [-0.25, -0.2) is 9.13 Å². The molecule has 4 nitrogen and oxygen atoms in total. The molecule has 18 heavy (non-hydrogen) atoms. The molecule has 0 radical (unpaired) electrons. The minimum absolute atomic E-state index is 0.0359. The van der Waals surface area contributed by atoms with E-state index in [0.717, 1.165) is 24.0 Å². The lowest BCUT2D eigenvalue weighted by atomic mass is 10.3. The Morgan fingerprint density at radius 3 is 3.00 bits per heavy atom. The standard InChI is InChI=1S/C14H17N3O/c1-3-9-15-14(18)10-17-11-16(4-2)12-7-5-6-8-13(12)17/h4-8,11H,2-3,9-10H2,1H3/p+1. The normalized spacial score (nSPS) is 10.5. The molecule has 0 atom stereocenters. The van der Waals surface area contributed by atoms with Crippen molar-refractivity contribution in [3.63, 3.8) is 0 Å². The third-order valence-corrected chi connectivity index (χ3v) is 2.82. The Labute approximate surface area is 107 Å². The van der Waals surface area contributed by atoms with Crippen molar-refractivity contribution in [3.8, 4) is 0 Å². The number of imidazole rings is 1. The number of nitrogens with one attached hydrogen (secondary N) is 1. The lowest BCUT2D eigenvalue weighted by Crippen LogP contribution is -2.42. The summed E-state index contributed by atoms with van der Waals surface area (Å²) in [7, 11) is 0. The van der Waals surface area contributed by atoms with Crippen molar-refractivity contribution in [1.82, 2.24) is 9.88 Å². The molecule has 1 N–H and O–H groups in total. The fourth-order valence-electron chi connectivity index (χ4n) is 1.95. The molecule has 0 saturated carbocycles. The van der Waals surface area contributed by atoms with E-state index in [4.69, 9.17) is 0 Å². The molecule has 4 heteroatoms. The van der Waals surface area contributed by atoms with Crippen LogP contribution in [0, 0.1) is 0 Å². The quantitative estimate of drug-likeness (QED) is 0.796. The van der Waals surface area contributed by atoms with E-state index in [1.165, 1.54) is 0 Å². The second kappa shape index (κ2) is 5.49. The summed E-state index contributed by atoms with van der Waals surface area (Å²) in [6.07, 6.45) is 4.58. The van der Waals surface area contributed by atoms with E-state index < -0.39 is 0 Å². The Bertz CT molecular complexity index is 571. The molecule has 0 aliphatic carbocycles. The van der Waals surface area contributed by atoms with E-state index in [0.29, 0.717) is 6.54 Å². The van der Waals surface area contributed by atoms with Crippen LogP contribution in [-0.2, 0) is 11.3 Å². The van der Waals surface area contributed by atoms with E-state index in [9.17, 15) is 4.79 Å². The van der Waals surface area contributed by atoms with Crippen molar-refractivity contribution in [1.29, 1.82) is 0 Å². The fourth-order valence-corrected chi connectivity index (χ4v) is 1.95. The molecule has 1 heterocycles. The molecule has 2 aromatic rings. The number of para-hydroxylation sites is 2. The summed E-state index contributed by atoms with van der Waals surface area (Å²) < 4.78 is 3.85. The molecule has 1 aromatic heterocycles. The van der Waals surface area contributed by atoms with Gasteiger partial charge in [0.15, 0.2) is 17.6 Å². The van der Waals surface area contributed by atoms with Gasteiger partial charge < -0.3 is 5.32 Å². The van der Waals surface area contributed by atoms with Gasteiger partial charge in [0, 0.05) is 6.54 Å². The minimum atomic E-state index is 0.0359. The van der Waals surface area contributed by atoms with Crippen LogP contribution in [-0.4, -0.2) is 17.0 Å². The van der Waals surface area contributed by atoms with Crippen molar-refractivity contribution in [3.05, 3.63) is 37.2 Å². The van der Waals surface area contributed by atoms with Gasteiger partial charge >= 0.3 is 0 Å². The monoisotopic (exact) mass is 244 g/mol. The number of rotatable bonds is 5. The Hall–Kier alpha value is -2.10. The summed E-state index contributed by atoms with van der Waals surface area (Å²) >= 11 is 0. The number of aromatic nitrogens is 2. The maximum atomic E-state index is 11.7. The summed E-state index contributed by atoms with van der Waals surface area (Å²) in [4.78, 5) is 11.7. The van der Waals surface area contributed by atoms with Crippen LogP contribution in [0.5, 0.6) is 0 Å². The molecule has 0 spiro atoms. The predicted octanol–water partition coefficient (Wildman–Crippen LogP) is 1.56. The molecule has 0 aliphatic heterocycles. The third-order valence-electron chi connectivity index (χ3n) is 2.82. The predicted molar refractivity (Wildman–Crippen MR) is 71.8 cm³/mol. The number of carbonyl (C=O) groups excluding carboxylic acids is 1. The van der Waals surface area contributed by atoms with E-state index in [1.54, 1.807) is 6.20 Å². The molecule has 0 bridgehead atoms. The van der Waals surface area contributed by atoms with Crippen LogP contribution in [0.3, 0.4) is 0 Å². The Morgan fingerprint density at radius 2 is 2.28 bits per heavy atom. The van der Waals surface area contributed by atoms with Crippen LogP contribution in [0.1, 0.15) is 13.3 Å². The average Bonchev–Trinajstić information content (AvgIpc) is 2.75. The number of amides is 1. The van der Waals surface area contributed by atoms with Gasteiger partial charge in [-0.1, -0.05) is 25.6 Å².